The predicted octanol–water partition coefficient (Wildman–Crippen LogP) is 1.71. The molecule has 0 bridgehead atoms. The van der Waals surface area contributed by atoms with Gasteiger partial charge in [0.25, 0.3) is 5.91 Å². The minimum Gasteiger partial charge on any atom is -0.336 e. The lowest BCUT2D eigenvalue weighted by molar-refractivity contribution is 0.0674. The molecule has 1 aliphatic heterocycles. The number of hydrogen-bond acceptors (Lipinski definition) is 4. The maximum atomic E-state index is 12.9. The van der Waals surface area contributed by atoms with Crippen LogP contribution in [0.1, 0.15) is 34.9 Å². The average Bonchev–Trinajstić information content (AvgIpc) is 3.24. The molecule has 23 heavy (non-hydrogen) atoms. The number of piperidine rings is 1. The van der Waals surface area contributed by atoms with E-state index in [9.17, 15) is 4.79 Å². The second-order valence-corrected chi connectivity index (χ2v) is 5.93. The molecule has 4 heterocycles. The van der Waals surface area contributed by atoms with E-state index in [-0.39, 0.29) is 11.9 Å². The van der Waals surface area contributed by atoms with Gasteiger partial charge >= 0.3 is 0 Å². The van der Waals surface area contributed by atoms with Crippen LogP contribution in [-0.2, 0) is 0 Å². The van der Waals surface area contributed by atoms with Gasteiger partial charge in [-0.2, -0.15) is 10.2 Å². The molecule has 0 aliphatic carbocycles. The number of carbonyl (C=O) groups excluding carboxylic acids is 1. The third kappa shape index (κ3) is 2.48. The predicted molar refractivity (Wildman–Crippen MR) is 84.1 cm³/mol. The Morgan fingerprint density at radius 1 is 1.30 bits per heavy atom. The summed E-state index contributed by atoms with van der Waals surface area (Å²) in [5, 5.41) is 8.54. The van der Waals surface area contributed by atoms with Crippen molar-refractivity contribution in [3.8, 4) is 0 Å². The fourth-order valence-corrected chi connectivity index (χ4v) is 3.13. The van der Waals surface area contributed by atoms with Crippen molar-refractivity contribution in [3.63, 3.8) is 0 Å². The Hall–Kier alpha value is -2.70. The summed E-state index contributed by atoms with van der Waals surface area (Å²) in [7, 11) is 0. The molecule has 0 radical (unpaired) electrons. The molecule has 7 heteroatoms. The van der Waals surface area contributed by atoms with Crippen LogP contribution >= 0.6 is 0 Å². The van der Waals surface area contributed by atoms with Gasteiger partial charge in [0.05, 0.1) is 12.2 Å². The molecule has 118 valence electrons. The van der Waals surface area contributed by atoms with Crippen LogP contribution in [0.3, 0.4) is 0 Å². The highest BCUT2D eigenvalue weighted by Gasteiger charge is 2.27. The largest absolute Gasteiger partial charge is 0.336 e. The van der Waals surface area contributed by atoms with Crippen molar-refractivity contribution in [2.24, 2.45) is 0 Å². The monoisotopic (exact) mass is 310 g/mol. The van der Waals surface area contributed by atoms with Crippen molar-refractivity contribution in [1.29, 1.82) is 0 Å². The quantitative estimate of drug-likeness (QED) is 0.722. The van der Waals surface area contributed by atoms with E-state index in [0.29, 0.717) is 17.8 Å². The molecule has 0 unspecified atom stereocenters. The number of amides is 1. The van der Waals surface area contributed by atoms with Gasteiger partial charge in [-0.25, -0.2) is 9.50 Å². The standard InChI is InChI=1S/C16H18N6O/c1-12-5-9-22-15(19-12)14(10-18-22)16(23)20-7-2-4-13(11-20)21-8-3-6-17-21/h3,5-6,8-10,13H,2,4,7,11H2,1H3/t13-/m0/s1. The molecular formula is C16H18N6O. The van der Waals surface area contributed by atoms with E-state index >= 15 is 0 Å². The minimum absolute atomic E-state index is 0.00467. The molecule has 4 rings (SSSR count). The summed E-state index contributed by atoms with van der Waals surface area (Å²) >= 11 is 0. The maximum Gasteiger partial charge on any atom is 0.259 e. The fraction of sp³-hybridized carbons (Fsp3) is 0.375. The van der Waals surface area contributed by atoms with Crippen LogP contribution in [0.5, 0.6) is 0 Å². The lowest BCUT2D eigenvalue weighted by Gasteiger charge is -2.32. The van der Waals surface area contributed by atoms with E-state index in [2.05, 4.69) is 15.2 Å². The zero-order valence-corrected chi connectivity index (χ0v) is 13.0. The van der Waals surface area contributed by atoms with Crippen molar-refractivity contribution in [3.05, 3.63) is 48.2 Å². The zero-order valence-electron chi connectivity index (χ0n) is 13.0. The molecule has 0 N–H and O–H groups in total. The maximum absolute atomic E-state index is 12.9. The summed E-state index contributed by atoms with van der Waals surface area (Å²) in [4.78, 5) is 19.2. The third-order valence-electron chi connectivity index (χ3n) is 4.32. The Morgan fingerprint density at radius 2 is 2.22 bits per heavy atom. The van der Waals surface area contributed by atoms with Gasteiger partial charge in [-0.15, -0.1) is 0 Å². The first-order chi connectivity index (χ1) is 11.2. The second kappa shape index (κ2) is 5.49. The normalized spacial score (nSPS) is 18.5. The number of carbonyl (C=O) groups is 1. The van der Waals surface area contributed by atoms with Gasteiger partial charge in [0.15, 0.2) is 5.65 Å². The highest BCUT2D eigenvalue weighted by atomic mass is 16.2. The highest BCUT2D eigenvalue weighted by Crippen LogP contribution is 2.23. The Morgan fingerprint density at radius 3 is 3.04 bits per heavy atom. The molecule has 3 aromatic heterocycles. The van der Waals surface area contributed by atoms with Gasteiger partial charge in [-0.05, 0) is 31.9 Å². The van der Waals surface area contributed by atoms with E-state index in [1.54, 1.807) is 16.9 Å². The first kappa shape index (κ1) is 13.9. The number of hydrogen-bond donors (Lipinski definition) is 0. The fourth-order valence-electron chi connectivity index (χ4n) is 3.13. The van der Waals surface area contributed by atoms with Gasteiger partial charge < -0.3 is 4.90 Å². The van der Waals surface area contributed by atoms with E-state index < -0.39 is 0 Å². The van der Waals surface area contributed by atoms with Gasteiger partial charge in [0.2, 0.25) is 0 Å². The van der Waals surface area contributed by atoms with Gasteiger partial charge in [0, 0.05) is 37.4 Å². The smallest absolute Gasteiger partial charge is 0.259 e. The molecule has 0 saturated carbocycles. The zero-order chi connectivity index (χ0) is 15.8. The summed E-state index contributed by atoms with van der Waals surface area (Å²) in [6, 6.07) is 4.03. The van der Waals surface area contributed by atoms with Crippen molar-refractivity contribution < 1.29 is 4.79 Å². The number of rotatable bonds is 2. The average molecular weight is 310 g/mol. The van der Waals surface area contributed by atoms with E-state index in [1.165, 1.54) is 0 Å². The Kier molecular flexibility index (Phi) is 3.33. The highest BCUT2D eigenvalue weighted by molar-refractivity contribution is 5.99. The van der Waals surface area contributed by atoms with Crippen molar-refractivity contribution in [2.75, 3.05) is 13.1 Å². The molecule has 7 nitrogen and oxygen atoms in total. The Balaban J connectivity index is 1.61. The lowest BCUT2D eigenvalue weighted by Crippen LogP contribution is -2.40. The molecule has 1 amide bonds. The van der Waals surface area contributed by atoms with Crippen LogP contribution < -0.4 is 0 Å². The van der Waals surface area contributed by atoms with Crippen LogP contribution in [-0.4, -0.2) is 48.3 Å². The van der Waals surface area contributed by atoms with Crippen LogP contribution in [0.25, 0.3) is 5.65 Å². The molecular weight excluding hydrogens is 292 g/mol. The second-order valence-electron chi connectivity index (χ2n) is 5.93. The molecule has 0 spiro atoms. The first-order valence-corrected chi connectivity index (χ1v) is 7.82. The number of aromatic nitrogens is 5. The molecule has 1 atom stereocenters. The molecule has 0 aromatic carbocycles. The topological polar surface area (TPSA) is 68.3 Å². The molecule has 1 aliphatic rings. The Bertz CT molecular complexity index is 838. The summed E-state index contributed by atoms with van der Waals surface area (Å²) in [6.07, 6.45) is 9.19. The van der Waals surface area contributed by atoms with Crippen LogP contribution in [0, 0.1) is 6.92 Å². The number of fused-ring (bicyclic) bond motifs is 1. The first-order valence-electron chi connectivity index (χ1n) is 7.82. The summed E-state index contributed by atoms with van der Waals surface area (Å²) in [6.45, 7) is 3.35. The van der Waals surface area contributed by atoms with E-state index in [1.807, 2.05) is 41.0 Å². The minimum atomic E-state index is -0.00467. The number of likely N-dealkylation sites (tertiary alicyclic amines) is 1. The number of aryl methyl sites for hydroxylation is 1. The van der Waals surface area contributed by atoms with Gasteiger partial charge in [0.1, 0.15) is 5.56 Å². The summed E-state index contributed by atoms with van der Waals surface area (Å²) in [5.74, 6) is -0.00467. The van der Waals surface area contributed by atoms with E-state index in [0.717, 1.165) is 25.1 Å². The van der Waals surface area contributed by atoms with E-state index in [4.69, 9.17) is 0 Å². The van der Waals surface area contributed by atoms with Gasteiger partial charge in [-0.3, -0.25) is 9.48 Å². The lowest BCUT2D eigenvalue weighted by atomic mass is 10.1. The summed E-state index contributed by atoms with van der Waals surface area (Å²) < 4.78 is 3.59. The SMILES string of the molecule is Cc1ccn2ncc(C(=O)N3CCC[C@H](n4cccn4)C3)c2n1. The van der Waals surface area contributed by atoms with Crippen LogP contribution in [0.4, 0.5) is 0 Å². The molecule has 1 fully saturated rings. The number of nitrogens with zero attached hydrogens (tertiary/aromatic N) is 6. The van der Waals surface area contributed by atoms with Crippen LogP contribution in [0.15, 0.2) is 36.9 Å². The Labute approximate surface area is 133 Å². The van der Waals surface area contributed by atoms with Gasteiger partial charge in [-0.1, -0.05) is 0 Å². The van der Waals surface area contributed by atoms with Crippen molar-refractivity contribution in [2.45, 2.75) is 25.8 Å². The summed E-state index contributed by atoms with van der Waals surface area (Å²) in [5.41, 5.74) is 2.06. The van der Waals surface area contributed by atoms with Crippen molar-refractivity contribution >= 4 is 11.6 Å². The van der Waals surface area contributed by atoms with Crippen molar-refractivity contribution in [1.82, 2.24) is 29.3 Å². The van der Waals surface area contributed by atoms with Crippen LogP contribution in [0.2, 0.25) is 0 Å². The molecule has 3 aromatic rings. The third-order valence-corrected chi connectivity index (χ3v) is 4.32. The molecule has 1 saturated heterocycles.